The average molecular weight is 341 g/mol. The molecule has 3 heterocycles. The van der Waals surface area contributed by atoms with Crippen molar-refractivity contribution in [3.05, 3.63) is 6.07 Å². The monoisotopic (exact) mass is 341 g/mol. The Morgan fingerprint density at radius 3 is 2.91 bits per heavy atom. The van der Waals surface area contributed by atoms with E-state index in [4.69, 9.17) is 9.84 Å². The van der Waals surface area contributed by atoms with Crippen LogP contribution in [0.2, 0.25) is 0 Å². The van der Waals surface area contributed by atoms with Crippen molar-refractivity contribution in [1.29, 1.82) is 0 Å². The predicted molar refractivity (Wildman–Crippen MR) is 83.7 cm³/mol. The number of urea groups is 1. The normalized spacial score (nSPS) is 25.7. The highest BCUT2D eigenvalue weighted by Gasteiger charge is 2.42. The molecule has 8 nitrogen and oxygen atoms in total. The SMILES string of the molecule is O=C1N[C@H]2[C@H](CS[C@H]2CCCCC(=O)Oc2cc(O)[nH]c2O)N1. The molecule has 5 N–H and O–H groups in total. The Morgan fingerprint density at radius 1 is 1.35 bits per heavy atom. The van der Waals surface area contributed by atoms with Gasteiger partial charge < -0.3 is 25.6 Å². The van der Waals surface area contributed by atoms with Crippen LogP contribution < -0.4 is 15.4 Å². The van der Waals surface area contributed by atoms with Crippen molar-refractivity contribution < 1.29 is 24.5 Å². The van der Waals surface area contributed by atoms with Gasteiger partial charge in [-0.2, -0.15) is 11.8 Å². The van der Waals surface area contributed by atoms with Crippen molar-refractivity contribution in [3.63, 3.8) is 0 Å². The molecule has 0 radical (unpaired) electrons. The van der Waals surface area contributed by atoms with E-state index in [1.54, 1.807) is 0 Å². The van der Waals surface area contributed by atoms with Crippen LogP contribution in [0.5, 0.6) is 17.5 Å². The number of carbonyl (C=O) groups excluding carboxylic acids is 2. The minimum absolute atomic E-state index is 0.0681. The van der Waals surface area contributed by atoms with E-state index in [9.17, 15) is 14.7 Å². The van der Waals surface area contributed by atoms with Gasteiger partial charge in [0, 0.05) is 23.5 Å². The Morgan fingerprint density at radius 2 is 2.17 bits per heavy atom. The molecule has 2 saturated heterocycles. The third kappa shape index (κ3) is 3.66. The largest absolute Gasteiger partial charge is 0.494 e. The summed E-state index contributed by atoms with van der Waals surface area (Å²) >= 11 is 1.84. The summed E-state index contributed by atoms with van der Waals surface area (Å²) in [4.78, 5) is 25.2. The van der Waals surface area contributed by atoms with Gasteiger partial charge in [0.25, 0.3) is 0 Å². The van der Waals surface area contributed by atoms with Crippen LogP contribution in [0, 0.1) is 0 Å². The molecule has 0 unspecified atom stereocenters. The van der Waals surface area contributed by atoms with Crippen LogP contribution in [-0.4, -0.2) is 50.3 Å². The highest BCUT2D eigenvalue weighted by molar-refractivity contribution is 8.00. The molecular formula is C14H19N3O5S. The quantitative estimate of drug-likeness (QED) is 0.299. The number of ether oxygens (including phenoxy) is 1. The maximum atomic E-state index is 11.7. The number of unbranched alkanes of at least 4 members (excludes halogenated alkanes) is 1. The van der Waals surface area contributed by atoms with Gasteiger partial charge in [0.05, 0.1) is 12.1 Å². The number of aromatic nitrogens is 1. The van der Waals surface area contributed by atoms with Crippen molar-refractivity contribution in [3.8, 4) is 17.5 Å². The number of aromatic hydroxyl groups is 2. The van der Waals surface area contributed by atoms with Crippen LogP contribution in [0.4, 0.5) is 4.79 Å². The first-order valence-electron chi connectivity index (χ1n) is 7.53. The van der Waals surface area contributed by atoms with E-state index in [1.807, 2.05) is 11.8 Å². The van der Waals surface area contributed by atoms with E-state index in [-0.39, 0.29) is 42.0 Å². The molecule has 3 atom stereocenters. The van der Waals surface area contributed by atoms with Crippen LogP contribution in [-0.2, 0) is 4.79 Å². The molecule has 0 aliphatic carbocycles. The van der Waals surface area contributed by atoms with Gasteiger partial charge in [-0.15, -0.1) is 0 Å². The summed E-state index contributed by atoms with van der Waals surface area (Å²) in [5.41, 5.74) is 0. The molecule has 2 amide bonds. The zero-order valence-corrected chi connectivity index (χ0v) is 13.2. The number of hydrogen-bond acceptors (Lipinski definition) is 6. The zero-order chi connectivity index (χ0) is 16.4. The minimum atomic E-state index is -0.452. The maximum absolute atomic E-state index is 11.7. The molecule has 2 fully saturated rings. The molecule has 1 aromatic heterocycles. The lowest BCUT2D eigenvalue weighted by molar-refractivity contribution is -0.134. The number of nitrogens with one attached hydrogen (secondary N) is 3. The molecule has 2 aliphatic heterocycles. The molecule has 1 aromatic rings. The van der Waals surface area contributed by atoms with E-state index in [0.29, 0.717) is 11.7 Å². The van der Waals surface area contributed by atoms with Gasteiger partial charge in [0.2, 0.25) is 5.88 Å². The summed E-state index contributed by atoms with van der Waals surface area (Å²) in [6.07, 6.45) is 2.70. The van der Waals surface area contributed by atoms with Crippen LogP contribution in [0.25, 0.3) is 0 Å². The smallest absolute Gasteiger partial charge is 0.315 e. The van der Waals surface area contributed by atoms with Crippen LogP contribution in [0.3, 0.4) is 0 Å². The lowest BCUT2D eigenvalue weighted by Crippen LogP contribution is -2.36. The third-order valence-corrected chi connectivity index (χ3v) is 5.54. The van der Waals surface area contributed by atoms with Crippen LogP contribution in [0.1, 0.15) is 25.7 Å². The van der Waals surface area contributed by atoms with Crippen molar-refractivity contribution in [1.82, 2.24) is 15.6 Å². The molecule has 3 rings (SSSR count). The molecule has 0 saturated carbocycles. The maximum Gasteiger partial charge on any atom is 0.315 e. The molecule has 2 aliphatic rings. The summed E-state index contributed by atoms with van der Waals surface area (Å²) in [6.45, 7) is 0. The summed E-state index contributed by atoms with van der Waals surface area (Å²) in [5, 5.41) is 24.7. The zero-order valence-electron chi connectivity index (χ0n) is 12.4. The standard InChI is InChI=1S/C14H19N3O5S/c18-10-5-8(13(20)16-10)22-11(19)4-2-1-3-9-12-7(6-23-9)15-14(21)17-12/h5,7,9,12,16,18,20H,1-4,6H2,(H2,15,17,21)/t7-,9-,12-/m0/s1. The molecule has 0 spiro atoms. The number of esters is 1. The predicted octanol–water partition coefficient (Wildman–Crippen LogP) is 1.06. The van der Waals surface area contributed by atoms with E-state index >= 15 is 0 Å². The van der Waals surface area contributed by atoms with Gasteiger partial charge in [0.15, 0.2) is 11.6 Å². The topological polar surface area (TPSA) is 124 Å². The lowest BCUT2D eigenvalue weighted by atomic mass is 10.0. The van der Waals surface area contributed by atoms with Gasteiger partial charge in [-0.1, -0.05) is 6.42 Å². The number of amides is 2. The first-order chi connectivity index (χ1) is 11.0. The van der Waals surface area contributed by atoms with Gasteiger partial charge >= 0.3 is 12.0 Å². The summed E-state index contributed by atoms with van der Waals surface area (Å²) in [6, 6.07) is 1.45. The van der Waals surface area contributed by atoms with Gasteiger partial charge in [0.1, 0.15) is 0 Å². The van der Waals surface area contributed by atoms with E-state index < -0.39 is 5.97 Å². The highest BCUT2D eigenvalue weighted by atomic mass is 32.2. The molecule has 23 heavy (non-hydrogen) atoms. The molecule has 126 valence electrons. The Balaban J connectivity index is 1.36. The number of thioether (sulfide) groups is 1. The molecule has 0 bridgehead atoms. The number of hydrogen-bond donors (Lipinski definition) is 5. The van der Waals surface area contributed by atoms with E-state index in [2.05, 4.69) is 15.6 Å². The summed E-state index contributed by atoms with van der Waals surface area (Å²) in [5.74, 6) is -0.223. The van der Waals surface area contributed by atoms with Crippen molar-refractivity contribution in [2.45, 2.75) is 43.0 Å². The number of aromatic amines is 1. The number of fused-ring (bicyclic) bond motifs is 1. The van der Waals surface area contributed by atoms with E-state index in [1.165, 1.54) is 0 Å². The second-order valence-corrected chi connectivity index (χ2v) is 6.98. The molecule has 0 aromatic carbocycles. The van der Waals surface area contributed by atoms with Crippen LogP contribution >= 0.6 is 11.8 Å². The van der Waals surface area contributed by atoms with Crippen molar-refractivity contribution >= 4 is 23.8 Å². The summed E-state index contributed by atoms with van der Waals surface area (Å²) < 4.78 is 4.97. The summed E-state index contributed by atoms with van der Waals surface area (Å²) in [7, 11) is 0. The number of rotatable bonds is 6. The van der Waals surface area contributed by atoms with E-state index in [0.717, 1.165) is 24.7 Å². The van der Waals surface area contributed by atoms with Crippen LogP contribution in [0.15, 0.2) is 6.07 Å². The molecule has 9 heteroatoms. The first kappa shape index (κ1) is 15.9. The van der Waals surface area contributed by atoms with Gasteiger partial charge in [-0.3, -0.25) is 9.78 Å². The minimum Gasteiger partial charge on any atom is -0.494 e. The Hall–Kier alpha value is -2.03. The Kier molecular flexibility index (Phi) is 4.56. The average Bonchev–Trinajstić information content (AvgIpc) is 3.11. The Bertz CT molecular complexity index is 605. The lowest BCUT2D eigenvalue weighted by Gasteiger charge is -2.16. The number of carbonyl (C=O) groups is 2. The second-order valence-electron chi connectivity index (χ2n) is 5.71. The Labute approximate surface area is 137 Å². The third-order valence-electron chi connectivity index (χ3n) is 4.03. The van der Waals surface area contributed by atoms with Gasteiger partial charge in [-0.25, -0.2) is 4.79 Å². The van der Waals surface area contributed by atoms with Crippen molar-refractivity contribution in [2.75, 3.05) is 5.75 Å². The molecular weight excluding hydrogens is 322 g/mol. The van der Waals surface area contributed by atoms with Crippen molar-refractivity contribution in [2.24, 2.45) is 0 Å². The fourth-order valence-corrected chi connectivity index (χ4v) is 4.46. The first-order valence-corrected chi connectivity index (χ1v) is 8.58. The second kappa shape index (κ2) is 6.61. The fraction of sp³-hybridized carbons (Fsp3) is 0.571. The highest BCUT2D eigenvalue weighted by Crippen LogP contribution is 2.33. The number of H-pyrrole nitrogens is 1. The van der Waals surface area contributed by atoms with Gasteiger partial charge in [-0.05, 0) is 12.8 Å². The fourth-order valence-electron chi connectivity index (χ4n) is 2.92.